The van der Waals surface area contributed by atoms with Crippen LogP contribution in [0.25, 0.3) is 0 Å². The molecular formula is C15H18ClN3O3S2. The molecule has 9 heteroatoms. The zero-order valence-corrected chi connectivity index (χ0v) is 15.6. The molecule has 130 valence electrons. The molecule has 0 saturated carbocycles. The molecule has 1 atom stereocenters. The smallest absolute Gasteiger partial charge is 0.317 e. The molecule has 0 radical (unpaired) electrons. The van der Waals surface area contributed by atoms with Gasteiger partial charge in [0.15, 0.2) is 0 Å². The molecule has 2 aromatic rings. The minimum Gasteiger partial charge on any atom is -0.331 e. The lowest BCUT2D eigenvalue weighted by Crippen LogP contribution is -2.38. The lowest BCUT2D eigenvalue weighted by molar-refractivity contribution is 0.204. The number of amides is 2. The van der Waals surface area contributed by atoms with E-state index in [-0.39, 0.29) is 17.0 Å². The second-order valence-corrected chi connectivity index (χ2v) is 8.71. The molecular weight excluding hydrogens is 370 g/mol. The molecule has 2 amide bonds. The van der Waals surface area contributed by atoms with Crippen molar-refractivity contribution in [2.75, 3.05) is 7.05 Å². The highest BCUT2D eigenvalue weighted by atomic mass is 35.5. The van der Waals surface area contributed by atoms with Crippen LogP contribution in [-0.4, -0.2) is 26.4 Å². The highest BCUT2D eigenvalue weighted by Gasteiger charge is 2.16. The molecule has 3 N–H and O–H groups in total. The topological polar surface area (TPSA) is 92.5 Å². The second kappa shape index (κ2) is 7.52. The zero-order valence-electron chi connectivity index (χ0n) is 13.2. The first kappa shape index (κ1) is 18.7. The lowest BCUT2D eigenvalue weighted by atomic mass is 10.1. The van der Waals surface area contributed by atoms with Crippen molar-refractivity contribution in [2.24, 2.45) is 5.14 Å². The summed E-state index contributed by atoms with van der Waals surface area (Å²) in [6.45, 7) is 2.21. The number of halogens is 1. The number of thiophene rings is 1. The van der Waals surface area contributed by atoms with Crippen LogP contribution in [0.4, 0.5) is 4.79 Å². The normalized spacial score (nSPS) is 12.7. The van der Waals surface area contributed by atoms with Crippen LogP contribution in [0, 0.1) is 0 Å². The van der Waals surface area contributed by atoms with Crippen molar-refractivity contribution < 1.29 is 13.2 Å². The van der Waals surface area contributed by atoms with Gasteiger partial charge in [0.25, 0.3) is 0 Å². The zero-order chi connectivity index (χ0) is 17.9. The average Bonchev–Trinajstić information content (AvgIpc) is 2.91. The van der Waals surface area contributed by atoms with E-state index in [2.05, 4.69) is 5.32 Å². The maximum Gasteiger partial charge on any atom is 0.317 e. The molecule has 1 aromatic carbocycles. The van der Waals surface area contributed by atoms with Gasteiger partial charge in [-0.15, -0.1) is 11.3 Å². The Bertz CT molecular complexity index is 836. The molecule has 0 fully saturated rings. The van der Waals surface area contributed by atoms with Crippen LogP contribution in [0.3, 0.4) is 0 Å². The molecule has 2 rings (SSSR count). The first-order chi connectivity index (χ1) is 11.2. The summed E-state index contributed by atoms with van der Waals surface area (Å²) in [6, 6.07) is 9.22. The fraction of sp³-hybridized carbons (Fsp3) is 0.267. The summed E-state index contributed by atoms with van der Waals surface area (Å²) in [6.07, 6.45) is 0. The average molecular weight is 388 g/mol. The molecule has 0 bridgehead atoms. The highest BCUT2D eigenvalue weighted by Crippen LogP contribution is 2.22. The predicted molar refractivity (Wildman–Crippen MR) is 95.6 cm³/mol. The van der Waals surface area contributed by atoms with Crippen LogP contribution in [0.2, 0.25) is 4.34 Å². The SMILES string of the molecule is CC(NC(=O)N(C)Cc1ccc(Cl)s1)c1cccc(S(N)(=O)=O)c1. The van der Waals surface area contributed by atoms with Gasteiger partial charge < -0.3 is 10.2 Å². The van der Waals surface area contributed by atoms with E-state index in [1.54, 1.807) is 32.2 Å². The first-order valence-corrected chi connectivity index (χ1v) is 9.79. The minimum atomic E-state index is -3.78. The molecule has 1 aromatic heterocycles. The number of carbonyl (C=O) groups excluding carboxylic acids is 1. The van der Waals surface area contributed by atoms with E-state index in [4.69, 9.17) is 16.7 Å². The third-order valence-corrected chi connectivity index (χ3v) is 5.52. The number of nitrogens with one attached hydrogen (secondary N) is 1. The summed E-state index contributed by atoms with van der Waals surface area (Å²) in [5, 5.41) is 7.95. The van der Waals surface area contributed by atoms with Gasteiger partial charge >= 0.3 is 6.03 Å². The maximum absolute atomic E-state index is 12.3. The predicted octanol–water partition coefficient (Wildman–Crippen LogP) is 2.95. The van der Waals surface area contributed by atoms with Crippen molar-refractivity contribution in [1.82, 2.24) is 10.2 Å². The van der Waals surface area contributed by atoms with Gasteiger partial charge in [-0.1, -0.05) is 23.7 Å². The van der Waals surface area contributed by atoms with Crippen LogP contribution >= 0.6 is 22.9 Å². The van der Waals surface area contributed by atoms with E-state index in [0.717, 1.165) is 4.88 Å². The third-order valence-electron chi connectivity index (χ3n) is 3.40. The van der Waals surface area contributed by atoms with Gasteiger partial charge in [0.1, 0.15) is 0 Å². The van der Waals surface area contributed by atoms with Gasteiger partial charge in [-0.25, -0.2) is 18.4 Å². The number of primary sulfonamides is 1. The Morgan fingerprint density at radius 3 is 2.67 bits per heavy atom. The molecule has 0 aliphatic heterocycles. The van der Waals surface area contributed by atoms with Gasteiger partial charge in [-0.05, 0) is 36.8 Å². The largest absolute Gasteiger partial charge is 0.331 e. The third kappa shape index (κ3) is 4.94. The Hall–Kier alpha value is -1.61. The van der Waals surface area contributed by atoms with E-state index < -0.39 is 10.0 Å². The van der Waals surface area contributed by atoms with Crippen LogP contribution in [0.15, 0.2) is 41.3 Å². The number of urea groups is 1. The van der Waals surface area contributed by atoms with Crippen LogP contribution < -0.4 is 10.5 Å². The summed E-state index contributed by atoms with van der Waals surface area (Å²) in [4.78, 5) is 14.8. The molecule has 6 nitrogen and oxygen atoms in total. The fourth-order valence-corrected chi connectivity index (χ4v) is 3.79. The number of nitrogens with two attached hydrogens (primary N) is 1. The van der Waals surface area contributed by atoms with E-state index >= 15 is 0 Å². The van der Waals surface area contributed by atoms with E-state index in [1.165, 1.54) is 28.4 Å². The molecule has 0 aliphatic carbocycles. The molecule has 0 saturated heterocycles. The standard InChI is InChI=1S/C15H18ClN3O3S2/c1-10(11-4-3-5-13(8-11)24(17,21)22)18-15(20)19(2)9-12-6-7-14(16)23-12/h3-8,10H,9H2,1-2H3,(H,18,20)(H2,17,21,22). The fourth-order valence-electron chi connectivity index (χ4n) is 2.08. The number of sulfonamides is 1. The molecule has 1 heterocycles. The van der Waals surface area contributed by atoms with Crippen molar-refractivity contribution >= 4 is 39.0 Å². The Balaban J connectivity index is 2.03. The highest BCUT2D eigenvalue weighted by molar-refractivity contribution is 7.89. The van der Waals surface area contributed by atoms with Gasteiger partial charge in [-0.3, -0.25) is 0 Å². The number of hydrogen-bond acceptors (Lipinski definition) is 4. The Morgan fingerprint density at radius 1 is 1.38 bits per heavy atom. The maximum atomic E-state index is 12.3. The van der Waals surface area contributed by atoms with E-state index in [1.807, 2.05) is 6.07 Å². The quantitative estimate of drug-likeness (QED) is 0.825. The number of hydrogen-bond donors (Lipinski definition) is 2. The van der Waals surface area contributed by atoms with Crippen LogP contribution in [0.1, 0.15) is 23.4 Å². The molecule has 24 heavy (non-hydrogen) atoms. The van der Waals surface area contributed by atoms with Crippen molar-refractivity contribution in [3.8, 4) is 0 Å². The van der Waals surface area contributed by atoms with Gasteiger partial charge in [0, 0.05) is 11.9 Å². The number of rotatable bonds is 5. The Labute approximate surface area is 150 Å². The van der Waals surface area contributed by atoms with Gasteiger partial charge in [0.2, 0.25) is 10.0 Å². The summed E-state index contributed by atoms with van der Waals surface area (Å²) in [7, 11) is -2.10. The van der Waals surface area contributed by atoms with Crippen molar-refractivity contribution in [1.29, 1.82) is 0 Å². The summed E-state index contributed by atoms with van der Waals surface area (Å²) in [5.74, 6) is 0. The molecule has 1 unspecified atom stereocenters. The number of carbonyl (C=O) groups is 1. The summed E-state index contributed by atoms with van der Waals surface area (Å²) >= 11 is 7.30. The van der Waals surface area contributed by atoms with Crippen molar-refractivity contribution in [3.05, 3.63) is 51.2 Å². The molecule has 0 aliphatic rings. The minimum absolute atomic E-state index is 0.0164. The Kier molecular flexibility index (Phi) is 5.87. The van der Waals surface area contributed by atoms with Crippen LogP contribution in [-0.2, 0) is 16.6 Å². The van der Waals surface area contributed by atoms with E-state index in [9.17, 15) is 13.2 Å². The van der Waals surface area contributed by atoms with Crippen molar-refractivity contribution in [2.45, 2.75) is 24.4 Å². The van der Waals surface area contributed by atoms with Gasteiger partial charge in [0.05, 0.1) is 21.8 Å². The summed E-state index contributed by atoms with van der Waals surface area (Å²) < 4.78 is 23.5. The Morgan fingerprint density at radius 2 is 2.08 bits per heavy atom. The van der Waals surface area contributed by atoms with Crippen molar-refractivity contribution in [3.63, 3.8) is 0 Å². The lowest BCUT2D eigenvalue weighted by Gasteiger charge is -2.21. The first-order valence-electron chi connectivity index (χ1n) is 7.05. The molecule has 0 spiro atoms. The second-order valence-electron chi connectivity index (χ2n) is 5.35. The van der Waals surface area contributed by atoms with E-state index in [0.29, 0.717) is 16.4 Å². The van der Waals surface area contributed by atoms with Gasteiger partial charge in [-0.2, -0.15) is 0 Å². The number of benzene rings is 1. The number of nitrogens with zero attached hydrogens (tertiary/aromatic N) is 1. The monoisotopic (exact) mass is 387 g/mol. The van der Waals surface area contributed by atoms with Crippen LogP contribution in [0.5, 0.6) is 0 Å². The summed E-state index contributed by atoms with van der Waals surface area (Å²) in [5.41, 5.74) is 0.655.